The highest BCUT2D eigenvalue weighted by Crippen LogP contribution is 2.39. The number of amides is 2. The molecule has 3 atom stereocenters. The summed E-state index contributed by atoms with van der Waals surface area (Å²) < 4.78 is 10.3. The number of fused-ring (bicyclic) bond motifs is 2. The second-order valence-electron chi connectivity index (χ2n) is 13.5. The molecule has 47 heavy (non-hydrogen) atoms. The van der Waals surface area contributed by atoms with E-state index in [1.54, 1.807) is 16.8 Å². The fourth-order valence-electron chi connectivity index (χ4n) is 6.59. The average molecular weight is 655 g/mol. The lowest BCUT2D eigenvalue weighted by molar-refractivity contribution is 0.171. The number of carbonyl (C=O) groups excluding carboxylic acids is 1. The first-order valence-electron chi connectivity index (χ1n) is 16.0. The fourth-order valence-corrected chi connectivity index (χ4v) is 6.70. The summed E-state index contributed by atoms with van der Waals surface area (Å²) in [4.78, 5) is 15.8. The highest BCUT2D eigenvalue weighted by atomic mass is 35.5. The van der Waals surface area contributed by atoms with Crippen LogP contribution in [0.15, 0.2) is 66.9 Å². The van der Waals surface area contributed by atoms with Crippen LogP contribution in [0.2, 0.25) is 5.02 Å². The zero-order valence-electron chi connectivity index (χ0n) is 26.9. The van der Waals surface area contributed by atoms with Crippen LogP contribution in [0, 0.1) is 0 Å². The van der Waals surface area contributed by atoms with Gasteiger partial charge in [0, 0.05) is 17.5 Å². The molecule has 12 heteroatoms. The van der Waals surface area contributed by atoms with E-state index in [9.17, 15) is 9.90 Å². The smallest absolute Gasteiger partial charge is 0.320 e. The zero-order valence-corrected chi connectivity index (χ0v) is 27.7. The lowest BCUT2D eigenvalue weighted by atomic mass is 9.85. The molecule has 0 bridgehead atoms. The number of phenols is 1. The number of likely N-dealkylation sites (tertiary alicyclic amines) is 1. The maximum atomic E-state index is 13.5. The summed E-state index contributed by atoms with van der Waals surface area (Å²) in [5.41, 5.74) is 3.96. The number of carbonyl (C=O) groups is 1. The number of phenolic OH excluding ortho intramolecular Hbond substituents is 1. The van der Waals surface area contributed by atoms with Gasteiger partial charge in [0.2, 0.25) is 0 Å². The quantitative estimate of drug-likeness (QED) is 0.178. The summed E-state index contributed by atoms with van der Waals surface area (Å²) in [5.74, 6) is 2.10. The van der Waals surface area contributed by atoms with Gasteiger partial charge in [-0.2, -0.15) is 5.10 Å². The number of anilines is 1. The van der Waals surface area contributed by atoms with Crippen molar-refractivity contribution in [3.05, 3.63) is 94.5 Å². The number of pyridine rings is 1. The van der Waals surface area contributed by atoms with E-state index >= 15 is 0 Å². The van der Waals surface area contributed by atoms with Gasteiger partial charge in [-0.3, -0.25) is 14.6 Å². The monoisotopic (exact) mass is 654 g/mol. The van der Waals surface area contributed by atoms with Crippen molar-refractivity contribution in [3.63, 3.8) is 0 Å². The van der Waals surface area contributed by atoms with Gasteiger partial charge < -0.3 is 15.2 Å². The van der Waals surface area contributed by atoms with Gasteiger partial charge in [-0.1, -0.05) is 56.6 Å². The Hall–Kier alpha value is -4.61. The van der Waals surface area contributed by atoms with Crippen molar-refractivity contribution < 1.29 is 14.6 Å². The summed E-state index contributed by atoms with van der Waals surface area (Å²) in [7, 11) is 2.13. The topological polar surface area (TPSA) is 122 Å². The summed E-state index contributed by atoms with van der Waals surface area (Å²) in [6, 6.07) is 18.4. The van der Waals surface area contributed by atoms with Gasteiger partial charge in [-0.25, -0.2) is 9.48 Å². The highest BCUT2D eigenvalue weighted by molar-refractivity contribution is 6.32. The van der Waals surface area contributed by atoms with E-state index in [0.717, 1.165) is 59.8 Å². The Balaban J connectivity index is 1.10. The minimum absolute atomic E-state index is 0.0635. The van der Waals surface area contributed by atoms with Crippen LogP contribution >= 0.6 is 11.6 Å². The standard InChI is InChI=1S/C35H39ClN8O3/c1-35(2,3)30-19-32(44(41-30)21-11-13-25(36)28(45)18-21)38-34(46)37-26-14-15-29(24-9-6-5-8-23(24)26)47-22-12-16-31-39-40-33(43(31)20-22)27-10-7-17-42(27)4/h5-6,8-9,11-13,16,18-20,26-27,29,45H,7,10,14-15,17H2,1-4H3,(H2,37,38,46)/t26-,27-,29+/m0/s1. The Morgan fingerprint density at radius 2 is 1.83 bits per heavy atom. The molecule has 2 aromatic carbocycles. The third kappa shape index (κ3) is 6.13. The molecule has 0 unspecified atom stereocenters. The van der Waals surface area contributed by atoms with E-state index in [4.69, 9.17) is 21.4 Å². The van der Waals surface area contributed by atoms with Crippen LogP contribution < -0.4 is 15.4 Å². The third-order valence-corrected chi connectivity index (χ3v) is 9.45. The van der Waals surface area contributed by atoms with E-state index in [1.807, 2.05) is 47.0 Å². The number of nitrogens with zero attached hydrogens (tertiary/aromatic N) is 6. The first-order valence-corrected chi connectivity index (χ1v) is 16.4. The number of halogens is 1. The Morgan fingerprint density at radius 3 is 2.57 bits per heavy atom. The first kappa shape index (κ1) is 31.0. The number of ether oxygens (including phenoxy) is 1. The predicted octanol–water partition coefficient (Wildman–Crippen LogP) is 7.11. The lowest BCUT2D eigenvalue weighted by Crippen LogP contribution is -2.36. The van der Waals surface area contributed by atoms with Crippen LogP contribution in [0.25, 0.3) is 11.3 Å². The fraction of sp³-hybridized carbons (Fsp3) is 0.371. The van der Waals surface area contributed by atoms with Gasteiger partial charge in [-0.15, -0.1) is 10.2 Å². The van der Waals surface area contributed by atoms with Crippen molar-refractivity contribution >= 4 is 29.1 Å². The third-order valence-electron chi connectivity index (χ3n) is 9.13. The van der Waals surface area contributed by atoms with Gasteiger partial charge >= 0.3 is 6.03 Å². The molecule has 1 aliphatic carbocycles. The number of aromatic hydroxyl groups is 1. The minimum atomic E-state index is -0.355. The normalized spacial score (nSPS) is 19.9. The number of benzene rings is 2. The van der Waals surface area contributed by atoms with Crippen molar-refractivity contribution in [1.29, 1.82) is 0 Å². The second-order valence-corrected chi connectivity index (χ2v) is 13.9. The van der Waals surface area contributed by atoms with E-state index in [0.29, 0.717) is 17.9 Å². The Labute approximate surface area is 278 Å². The van der Waals surface area contributed by atoms with E-state index in [1.165, 1.54) is 6.07 Å². The molecule has 7 rings (SSSR count). The van der Waals surface area contributed by atoms with Crippen molar-refractivity contribution in [2.24, 2.45) is 0 Å². The largest absolute Gasteiger partial charge is 0.506 e. The van der Waals surface area contributed by atoms with E-state index < -0.39 is 0 Å². The SMILES string of the molecule is CN1CCC[C@H]1c1nnc2ccc(O[C@@H]3CC[C@H](NC(=O)Nc4cc(C(C)(C)C)nn4-c4ccc(Cl)c(O)c4)c4ccccc43)cn12. The molecule has 1 fully saturated rings. The van der Waals surface area contributed by atoms with Crippen LogP contribution in [-0.2, 0) is 5.41 Å². The van der Waals surface area contributed by atoms with Gasteiger partial charge in [0.1, 0.15) is 23.4 Å². The molecule has 244 valence electrons. The molecule has 3 N–H and O–H groups in total. The molecular formula is C35H39ClN8O3. The Bertz CT molecular complexity index is 1950. The number of rotatable bonds is 6. The molecule has 1 saturated heterocycles. The lowest BCUT2D eigenvalue weighted by Gasteiger charge is -2.32. The molecule has 3 aromatic heterocycles. The molecular weight excluding hydrogens is 616 g/mol. The molecule has 2 aliphatic rings. The Kier molecular flexibility index (Phi) is 8.05. The van der Waals surface area contributed by atoms with Crippen LogP contribution in [-0.4, -0.2) is 54.0 Å². The van der Waals surface area contributed by atoms with Crippen molar-refractivity contribution in [3.8, 4) is 17.2 Å². The number of aromatic nitrogens is 5. The number of nitrogens with one attached hydrogen (secondary N) is 2. The molecule has 4 heterocycles. The first-order chi connectivity index (χ1) is 22.5. The molecule has 5 aromatic rings. The van der Waals surface area contributed by atoms with Crippen molar-refractivity contribution in [2.75, 3.05) is 18.9 Å². The van der Waals surface area contributed by atoms with Crippen molar-refractivity contribution in [1.82, 2.24) is 34.6 Å². The number of urea groups is 1. The Morgan fingerprint density at radius 1 is 1.02 bits per heavy atom. The molecule has 1 aliphatic heterocycles. The van der Waals surface area contributed by atoms with Crippen molar-refractivity contribution in [2.45, 2.75) is 70.1 Å². The summed E-state index contributed by atoms with van der Waals surface area (Å²) in [6.07, 6.45) is 5.44. The molecule has 0 radical (unpaired) electrons. The van der Waals surface area contributed by atoms with Crippen LogP contribution in [0.1, 0.15) is 87.3 Å². The van der Waals surface area contributed by atoms with Gasteiger partial charge in [0.05, 0.1) is 34.7 Å². The van der Waals surface area contributed by atoms with Crippen LogP contribution in [0.3, 0.4) is 0 Å². The van der Waals surface area contributed by atoms with Crippen LogP contribution in [0.4, 0.5) is 10.6 Å². The molecule has 11 nitrogen and oxygen atoms in total. The van der Waals surface area contributed by atoms with Gasteiger partial charge in [0.25, 0.3) is 0 Å². The highest BCUT2D eigenvalue weighted by Gasteiger charge is 2.31. The predicted molar refractivity (Wildman–Crippen MR) is 180 cm³/mol. The number of hydrogen-bond donors (Lipinski definition) is 3. The average Bonchev–Trinajstić information content (AvgIpc) is 3.78. The van der Waals surface area contributed by atoms with Gasteiger partial charge in [-0.05, 0) is 74.7 Å². The molecule has 2 amide bonds. The minimum Gasteiger partial charge on any atom is -0.506 e. The summed E-state index contributed by atoms with van der Waals surface area (Å²) >= 11 is 6.05. The second kappa shape index (κ2) is 12.2. The zero-order chi connectivity index (χ0) is 32.9. The maximum Gasteiger partial charge on any atom is 0.320 e. The van der Waals surface area contributed by atoms with E-state index in [-0.39, 0.29) is 40.4 Å². The van der Waals surface area contributed by atoms with Crippen LogP contribution in [0.5, 0.6) is 11.5 Å². The maximum absolute atomic E-state index is 13.5. The molecule has 0 saturated carbocycles. The molecule has 0 spiro atoms. The number of hydrogen-bond acceptors (Lipinski definition) is 7. The summed E-state index contributed by atoms with van der Waals surface area (Å²) in [5, 5.41) is 30.3. The van der Waals surface area contributed by atoms with E-state index in [2.05, 4.69) is 59.6 Å². The summed E-state index contributed by atoms with van der Waals surface area (Å²) in [6.45, 7) is 7.21. The van der Waals surface area contributed by atoms with Gasteiger partial charge in [0.15, 0.2) is 11.5 Å².